The van der Waals surface area contributed by atoms with Crippen LogP contribution in [-0.2, 0) is 12.6 Å². The van der Waals surface area contributed by atoms with Gasteiger partial charge in [0.25, 0.3) is 0 Å². The lowest BCUT2D eigenvalue weighted by molar-refractivity contribution is -0.138. The van der Waals surface area contributed by atoms with E-state index in [0.29, 0.717) is 0 Å². The molecule has 1 nitrogen and oxygen atoms in total. The summed E-state index contributed by atoms with van der Waals surface area (Å²) in [7, 11) is 0. The summed E-state index contributed by atoms with van der Waals surface area (Å²) >= 11 is 0. The van der Waals surface area contributed by atoms with Crippen molar-refractivity contribution in [2.75, 3.05) is 0 Å². The summed E-state index contributed by atoms with van der Waals surface area (Å²) < 4.78 is 38.6. The lowest BCUT2D eigenvalue weighted by atomic mass is 10.0. The van der Waals surface area contributed by atoms with Gasteiger partial charge in [0.05, 0.1) is 11.3 Å². The average molecular weight is 265 g/mol. The normalized spacial score (nSPS) is 15.8. The molecule has 0 atom stereocenters. The molecule has 1 aliphatic carbocycles. The van der Waals surface area contributed by atoms with Gasteiger partial charge in [-0.25, -0.2) is 0 Å². The topological polar surface area (TPSA) is 12.9 Å². The van der Waals surface area contributed by atoms with Gasteiger partial charge < -0.3 is 0 Å². The van der Waals surface area contributed by atoms with E-state index in [0.717, 1.165) is 18.1 Å². The minimum absolute atomic E-state index is 0.0684. The molecule has 0 N–H and O–H groups in total. The van der Waals surface area contributed by atoms with Crippen LogP contribution in [0.15, 0.2) is 53.8 Å². The van der Waals surface area contributed by atoms with E-state index in [4.69, 9.17) is 0 Å². The molecule has 0 spiro atoms. The van der Waals surface area contributed by atoms with E-state index in [1.54, 1.807) is 0 Å². The average Bonchev–Trinajstić information content (AvgIpc) is 2.54. The third-order valence-corrected chi connectivity index (χ3v) is 2.92. The van der Waals surface area contributed by atoms with Gasteiger partial charge in [0.15, 0.2) is 0 Å². The minimum Gasteiger partial charge on any atom is -0.260 e. The fourth-order valence-corrected chi connectivity index (χ4v) is 1.92. The zero-order valence-corrected chi connectivity index (χ0v) is 10.5. The molecule has 0 radical (unpaired) electrons. The lowest BCUT2D eigenvalue weighted by Gasteiger charge is -2.11. The first-order valence-electron chi connectivity index (χ1n) is 6.01. The summed E-state index contributed by atoms with van der Waals surface area (Å²) in [6.07, 6.45) is 5.67. The predicted molar refractivity (Wildman–Crippen MR) is 68.5 cm³/mol. The molecule has 1 aromatic rings. The highest BCUT2D eigenvalue weighted by atomic mass is 19.4. The fraction of sp³-hybridized carbons (Fsp3) is 0.267. The Morgan fingerprint density at radius 3 is 2.79 bits per heavy atom. The molecule has 0 fully saturated rings. The summed E-state index contributed by atoms with van der Waals surface area (Å²) in [5.74, 6) is 0. The lowest BCUT2D eigenvalue weighted by Crippen LogP contribution is -2.11. The van der Waals surface area contributed by atoms with E-state index in [9.17, 15) is 13.2 Å². The maximum atomic E-state index is 12.9. The van der Waals surface area contributed by atoms with E-state index < -0.39 is 11.7 Å². The van der Waals surface area contributed by atoms with Crippen molar-refractivity contribution in [1.29, 1.82) is 0 Å². The maximum absolute atomic E-state index is 12.9. The summed E-state index contributed by atoms with van der Waals surface area (Å²) in [6.45, 7) is 1.99. The van der Waals surface area contributed by atoms with E-state index in [1.165, 1.54) is 17.8 Å². The molecule has 19 heavy (non-hydrogen) atoms. The van der Waals surface area contributed by atoms with Crippen molar-refractivity contribution in [2.24, 2.45) is 0 Å². The fourth-order valence-electron chi connectivity index (χ4n) is 1.92. The van der Waals surface area contributed by atoms with E-state index in [2.05, 4.69) is 4.98 Å². The number of nitrogens with zero attached hydrogens (tertiary/aromatic N) is 1. The van der Waals surface area contributed by atoms with Crippen molar-refractivity contribution in [3.8, 4) is 0 Å². The summed E-state index contributed by atoms with van der Waals surface area (Å²) in [4.78, 5) is 3.87. The Bertz CT molecular complexity index is 551. The van der Waals surface area contributed by atoms with Gasteiger partial charge in [-0.1, -0.05) is 29.9 Å². The first-order valence-corrected chi connectivity index (χ1v) is 6.01. The molecular weight excluding hydrogens is 251 g/mol. The van der Waals surface area contributed by atoms with Crippen LogP contribution >= 0.6 is 0 Å². The number of alkyl halides is 3. The van der Waals surface area contributed by atoms with Gasteiger partial charge in [-0.05, 0) is 31.1 Å². The zero-order valence-electron chi connectivity index (χ0n) is 10.5. The SMILES string of the molecule is CC1=CC=C(Cc2ncccc2C(F)(F)F)C=CC1. The number of pyridine rings is 1. The molecule has 0 aromatic carbocycles. The van der Waals surface area contributed by atoms with Gasteiger partial charge in [0, 0.05) is 12.6 Å². The molecule has 0 bridgehead atoms. The smallest absolute Gasteiger partial charge is 0.260 e. The molecule has 1 aromatic heterocycles. The number of aromatic nitrogens is 1. The summed E-state index contributed by atoms with van der Waals surface area (Å²) in [5.41, 5.74) is 1.43. The highest BCUT2D eigenvalue weighted by molar-refractivity contribution is 5.36. The molecule has 100 valence electrons. The van der Waals surface area contributed by atoms with Gasteiger partial charge in [0.2, 0.25) is 0 Å². The quantitative estimate of drug-likeness (QED) is 0.768. The third-order valence-electron chi connectivity index (χ3n) is 2.92. The van der Waals surface area contributed by atoms with Crippen molar-refractivity contribution >= 4 is 0 Å². The molecule has 0 aliphatic heterocycles. The van der Waals surface area contributed by atoms with Crippen LogP contribution in [0, 0.1) is 0 Å². The van der Waals surface area contributed by atoms with Gasteiger partial charge >= 0.3 is 6.18 Å². The second-order valence-corrected chi connectivity index (χ2v) is 4.53. The Hall–Kier alpha value is -1.84. The van der Waals surface area contributed by atoms with Crippen LogP contribution in [0.5, 0.6) is 0 Å². The summed E-state index contributed by atoms with van der Waals surface area (Å²) in [5, 5.41) is 0. The first-order chi connectivity index (χ1) is 8.97. The minimum atomic E-state index is -4.36. The number of halogens is 3. The second kappa shape index (κ2) is 5.43. The molecule has 0 saturated carbocycles. The van der Waals surface area contributed by atoms with Crippen LogP contribution in [0.25, 0.3) is 0 Å². The highest BCUT2D eigenvalue weighted by Crippen LogP contribution is 2.32. The Kier molecular flexibility index (Phi) is 3.88. The highest BCUT2D eigenvalue weighted by Gasteiger charge is 2.33. The third kappa shape index (κ3) is 3.56. The van der Waals surface area contributed by atoms with Gasteiger partial charge in [-0.15, -0.1) is 0 Å². The van der Waals surface area contributed by atoms with Crippen LogP contribution in [-0.4, -0.2) is 4.98 Å². The zero-order chi connectivity index (χ0) is 13.9. The first kappa shape index (κ1) is 13.6. The van der Waals surface area contributed by atoms with Crippen molar-refractivity contribution in [3.05, 3.63) is 65.0 Å². The van der Waals surface area contributed by atoms with Crippen molar-refractivity contribution in [2.45, 2.75) is 25.9 Å². The molecule has 0 amide bonds. The van der Waals surface area contributed by atoms with E-state index in [1.807, 2.05) is 31.2 Å². The molecule has 1 aliphatic rings. The molecular formula is C15H14F3N. The molecule has 4 heteroatoms. The van der Waals surface area contributed by atoms with E-state index in [-0.39, 0.29) is 12.1 Å². The number of rotatable bonds is 2. The molecule has 1 heterocycles. The molecule has 0 unspecified atom stereocenters. The standard InChI is InChI=1S/C15H14F3N/c1-11-4-2-5-12(8-7-11)10-14-13(15(16,17)18)6-3-9-19-14/h2-3,5-9H,4,10H2,1H3. The van der Waals surface area contributed by atoms with Gasteiger partial charge in [-0.2, -0.15) is 13.2 Å². The Morgan fingerprint density at radius 1 is 1.26 bits per heavy atom. The van der Waals surface area contributed by atoms with Gasteiger partial charge in [-0.3, -0.25) is 4.98 Å². The Labute approximate surface area is 110 Å². The van der Waals surface area contributed by atoms with Gasteiger partial charge in [0.1, 0.15) is 0 Å². The van der Waals surface area contributed by atoms with Crippen LogP contribution in [0.3, 0.4) is 0 Å². The number of hydrogen-bond acceptors (Lipinski definition) is 1. The molecule has 0 saturated heterocycles. The Morgan fingerprint density at radius 2 is 2.05 bits per heavy atom. The van der Waals surface area contributed by atoms with Crippen LogP contribution < -0.4 is 0 Å². The predicted octanol–water partition coefficient (Wildman–Crippen LogP) is 4.48. The Balaban J connectivity index is 2.30. The largest absolute Gasteiger partial charge is 0.418 e. The van der Waals surface area contributed by atoms with Crippen molar-refractivity contribution in [3.63, 3.8) is 0 Å². The van der Waals surface area contributed by atoms with Crippen molar-refractivity contribution < 1.29 is 13.2 Å². The van der Waals surface area contributed by atoms with Crippen LogP contribution in [0.4, 0.5) is 13.2 Å². The van der Waals surface area contributed by atoms with Crippen LogP contribution in [0.2, 0.25) is 0 Å². The van der Waals surface area contributed by atoms with Crippen LogP contribution in [0.1, 0.15) is 24.6 Å². The summed E-state index contributed by atoms with van der Waals surface area (Å²) in [6, 6.07) is 2.39. The second-order valence-electron chi connectivity index (χ2n) is 4.53. The number of allylic oxidation sites excluding steroid dienone is 6. The maximum Gasteiger partial charge on any atom is 0.418 e. The monoisotopic (exact) mass is 265 g/mol. The van der Waals surface area contributed by atoms with Crippen molar-refractivity contribution in [1.82, 2.24) is 4.98 Å². The molecule has 2 rings (SSSR count). The van der Waals surface area contributed by atoms with E-state index >= 15 is 0 Å². The number of hydrogen-bond donors (Lipinski definition) is 0.